The Morgan fingerprint density at radius 1 is 1.46 bits per heavy atom. The van der Waals surface area contributed by atoms with E-state index >= 15 is 0 Å². The standard InChI is InChI=1S/C9H19NO3/c1-9(11)8-13-7-4-10-2-5-12-6-3-10/h9,11H,2-8H2,1H3. The highest BCUT2D eigenvalue weighted by atomic mass is 16.5. The van der Waals surface area contributed by atoms with Crippen molar-refractivity contribution in [3.8, 4) is 0 Å². The number of ether oxygens (including phenoxy) is 2. The van der Waals surface area contributed by atoms with E-state index in [0.717, 1.165) is 32.8 Å². The van der Waals surface area contributed by atoms with Crippen LogP contribution in [-0.4, -0.2) is 62.2 Å². The van der Waals surface area contributed by atoms with Crippen molar-refractivity contribution in [1.29, 1.82) is 0 Å². The molecule has 1 aliphatic rings. The number of aliphatic hydroxyl groups excluding tert-OH is 1. The Morgan fingerprint density at radius 2 is 2.15 bits per heavy atom. The summed E-state index contributed by atoms with van der Waals surface area (Å²) in [5.74, 6) is 0. The summed E-state index contributed by atoms with van der Waals surface area (Å²) in [6, 6.07) is 0. The van der Waals surface area contributed by atoms with E-state index in [9.17, 15) is 0 Å². The molecule has 0 amide bonds. The first kappa shape index (κ1) is 10.9. The van der Waals surface area contributed by atoms with Gasteiger partial charge in [-0.1, -0.05) is 0 Å². The second-order valence-corrected chi connectivity index (χ2v) is 3.38. The van der Waals surface area contributed by atoms with Gasteiger partial charge < -0.3 is 14.6 Å². The van der Waals surface area contributed by atoms with Crippen LogP contribution in [0.3, 0.4) is 0 Å². The highest BCUT2D eigenvalue weighted by molar-refractivity contribution is 4.60. The van der Waals surface area contributed by atoms with Crippen molar-refractivity contribution in [3.63, 3.8) is 0 Å². The van der Waals surface area contributed by atoms with Crippen molar-refractivity contribution in [2.75, 3.05) is 46.1 Å². The second kappa shape index (κ2) is 6.32. The monoisotopic (exact) mass is 189 g/mol. The van der Waals surface area contributed by atoms with Crippen LogP contribution < -0.4 is 0 Å². The highest BCUT2D eigenvalue weighted by Crippen LogP contribution is 1.95. The van der Waals surface area contributed by atoms with E-state index in [-0.39, 0.29) is 6.10 Å². The first-order valence-corrected chi connectivity index (χ1v) is 4.85. The maximum atomic E-state index is 8.93. The van der Waals surface area contributed by atoms with Crippen LogP contribution >= 0.6 is 0 Å². The van der Waals surface area contributed by atoms with Gasteiger partial charge in [0.2, 0.25) is 0 Å². The van der Waals surface area contributed by atoms with Gasteiger partial charge in [0, 0.05) is 19.6 Å². The molecule has 1 fully saturated rings. The van der Waals surface area contributed by atoms with Crippen LogP contribution in [0.2, 0.25) is 0 Å². The Hall–Kier alpha value is -0.160. The third-order valence-electron chi connectivity index (χ3n) is 2.01. The smallest absolute Gasteiger partial charge is 0.0745 e. The third kappa shape index (κ3) is 5.21. The summed E-state index contributed by atoms with van der Waals surface area (Å²) < 4.78 is 10.5. The molecule has 0 aliphatic carbocycles. The summed E-state index contributed by atoms with van der Waals surface area (Å²) in [6.45, 7) is 7.46. The van der Waals surface area contributed by atoms with Crippen LogP contribution in [0.15, 0.2) is 0 Å². The van der Waals surface area contributed by atoms with Gasteiger partial charge in [-0.2, -0.15) is 0 Å². The van der Waals surface area contributed by atoms with Crippen molar-refractivity contribution in [1.82, 2.24) is 4.90 Å². The molecule has 4 heteroatoms. The molecule has 0 bridgehead atoms. The number of morpholine rings is 1. The summed E-state index contributed by atoms with van der Waals surface area (Å²) in [6.07, 6.45) is -0.357. The quantitative estimate of drug-likeness (QED) is 0.604. The zero-order chi connectivity index (χ0) is 9.52. The zero-order valence-corrected chi connectivity index (χ0v) is 8.24. The molecule has 13 heavy (non-hydrogen) atoms. The number of rotatable bonds is 5. The van der Waals surface area contributed by atoms with E-state index in [1.165, 1.54) is 0 Å². The third-order valence-corrected chi connectivity index (χ3v) is 2.01. The fourth-order valence-corrected chi connectivity index (χ4v) is 1.27. The zero-order valence-electron chi connectivity index (χ0n) is 8.24. The normalized spacial score (nSPS) is 21.7. The summed E-state index contributed by atoms with van der Waals surface area (Å²) in [5, 5.41) is 8.93. The molecule has 0 radical (unpaired) electrons. The average Bonchev–Trinajstić information content (AvgIpc) is 2.14. The van der Waals surface area contributed by atoms with Crippen molar-refractivity contribution in [3.05, 3.63) is 0 Å². The predicted octanol–water partition coefficient (Wildman–Crippen LogP) is -0.284. The average molecular weight is 189 g/mol. The summed E-state index contributed by atoms with van der Waals surface area (Å²) in [7, 11) is 0. The Bertz CT molecular complexity index is 124. The van der Waals surface area contributed by atoms with Crippen LogP contribution in [0.4, 0.5) is 0 Å². The molecule has 0 spiro atoms. The molecule has 78 valence electrons. The molecular weight excluding hydrogens is 170 g/mol. The molecule has 0 aromatic carbocycles. The minimum Gasteiger partial charge on any atom is -0.391 e. The van der Waals surface area contributed by atoms with Crippen molar-refractivity contribution >= 4 is 0 Å². The van der Waals surface area contributed by atoms with Crippen LogP contribution in [-0.2, 0) is 9.47 Å². The summed E-state index contributed by atoms with van der Waals surface area (Å²) >= 11 is 0. The number of hydrogen-bond donors (Lipinski definition) is 1. The maximum Gasteiger partial charge on any atom is 0.0745 e. The molecule has 1 aliphatic heterocycles. The largest absolute Gasteiger partial charge is 0.391 e. The molecule has 1 N–H and O–H groups in total. The van der Waals surface area contributed by atoms with Gasteiger partial charge in [-0.15, -0.1) is 0 Å². The van der Waals surface area contributed by atoms with Gasteiger partial charge >= 0.3 is 0 Å². The lowest BCUT2D eigenvalue weighted by atomic mass is 10.4. The van der Waals surface area contributed by atoms with E-state index in [1.54, 1.807) is 6.92 Å². The first-order chi connectivity index (χ1) is 6.29. The first-order valence-electron chi connectivity index (χ1n) is 4.85. The van der Waals surface area contributed by atoms with Crippen molar-refractivity contribution in [2.45, 2.75) is 13.0 Å². The Labute approximate surface area is 79.4 Å². The fraction of sp³-hybridized carbons (Fsp3) is 1.00. The predicted molar refractivity (Wildman–Crippen MR) is 49.8 cm³/mol. The molecule has 0 aromatic rings. The van der Waals surface area contributed by atoms with Crippen molar-refractivity contribution in [2.24, 2.45) is 0 Å². The molecule has 0 saturated carbocycles. The molecule has 1 heterocycles. The van der Waals surface area contributed by atoms with Crippen molar-refractivity contribution < 1.29 is 14.6 Å². The topological polar surface area (TPSA) is 41.9 Å². The molecule has 1 saturated heterocycles. The minimum absolute atomic E-state index is 0.357. The minimum atomic E-state index is -0.357. The number of hydrogen-bond acceptors (Lipinski definition) is 4. The summed E-state index contributed by atoms with van der Waals surface area (Å²) in [4.78, 5) is 2.31. The van der Waals surface area contributed by atoms with Gasteiger partial charge in [-0.3, -0.25) is 4.90 Å². The highest BCUT2D eigenvalue weighted by Gasteiger charge is 2.09. The van der Waals surface area contributed by atoms with Gasteiger partial charge in [-0.05, 0) is 6.92 Å². The maximum absolute atomic E-state index is 8.93. The van der Waals surface area contributed by atoms with Gasteiger partial charge in [0.15, 0.2) is 0 Å². The molecule has 1 unspecified atom stereocenters. The van der Waals surface area contributed by atoms with Crippen LogP contribution in [0.25, 0.3) is 0 Å². The van der Waals surface area contributed by atoms with E-state index < -0.39 is 0 Å². The molecular formula is C9H19NO3. The van der Waals surface area contributed by atoms with E-state index in [1.807, 2.05) is 0 Å². The lowest BCUT2D eigenvalue weighted by Crippen LogP contribution is -2.38. The SMILES string of the molecule is CC(O)COCCN1CCOCC1. The van der Waals surface area contributed by atoms with Gasteiger partial charge in [0.25, 0.3) is 0 Å². The van der Waals surface area contributed by atoms with Crippen LogP contribution in [0, 0.1) is 0 Å². The van der Waals surface area contributed by atoms with E-state index in [4.69, 9.17) is 14.6 Å². The van der Waals surface area contributed by atoms with Gasteiger partial charge in [-0.25, -0.2) is 0 Å². The number of aliphatic hydroxyl groups is 1. The Balaban J connectivity index is 1.92. The van der Waals surface area contributed by atoms with Crippen LogP contribution in [0.5, 0.6) is 0 Å². The number of nitrogens with zero attached hydrogens (tertiary/aromatic N) is 1. The molecule has 1 rings (SSSR count). The lowest BCUT2D eigenvalue weighted by molar-refractivity contribution is 0.00482. The van der Waals surface area contributed by atoms with Gasteiger partial charge in [0.05, 0.1) is 32.5 Å². The molecule has 4 nitrogen and oxygen atoms in total. The Morgan fingerprint density at radius 3 is 2.77 bits per heavy atom. The second-order valence-electron chi connectivity index (χ2n) is 3.38. The van der Waals surface area contributed by atoms with E-state index in [0.29, 0.717) is 13.2 Å². The fourth-order valence-electron chi connectivity index (χ4n) is 1.27. The molecule has 1 atom stereocenters. The van der Waals surface area contributed by atoms with Crippen LogP contribution in [0.1, 0.15) is 6.92 Å². The molecule has 0 aromatic heterocycles. The van der Waals surface area contributed by atoms with Gasteiger partial charge in [0.1, 0.15) is 0 Å². The van der Waals surface area contributed by atoms with E-state index in [2.05, 4.69) is 4.90 Å². The summed E-state index contributed by atoms with van der Waals surface area (Å²) in [5.41, 5.74) is 0. The lowest BCUT2D eigenvalue weighted by Gasteiger charge is -2.26. The Kier molecular flexibility index (Phi) is 5.31.